The summed E-state index contributed by atoms with van der Waals surface area (Å²) in [7, 11) is 0. The van der Waals surface area contributed by atoms with E-state index >= 15 is 0 Å². The summed E-state index contributed by atoms with van der Waals surface area (Å²) in [5.74, 6) is -0.682. The van der Waals surface area contributed by atoms with E-state index in [9.17, 15) is 22.8 Å². The van der Waals surface area contributed by atoms with Gasteiger partial charge in [0.25, 0.3) is 0 Å². The van der Waals surface area contributed by atoms with E-state index in [1.165, 1.54) is 11.0 Å². The lowest BCUT2D eigenvalue weighted by molar-refractivity contribution is -0.137. The fourth-order valence-electron chi connectivity index (χ4n) is 3.03. The second kappa shape index (κ2) is 7.60. The number of nitrogens with zero attached hydrogens (tertiary/aromatic N) is 1. The zero-order valence-corrected chi connectivity index (χ0v) is 14.8. The number of alkyl halides is 3. The number of nitrogens with one attached hydrogen (secondary N) is 1. The largest absolute Gasteiger partial charge is 0.417 e. The van der Waals surface area contributed by atoms with Gasteiger partial charge in [0.05, 0.1) is 10.6 Å². The molecule has 3 rings (SSSR count). The molecule has 0 aromatic heterocycles. The zero-order valence-electron chi connectivity index (χ0n) is 14.1. The average molecular weight is 397 g/mol. The van der Waals surface area contributed by atoms with Crippen molar-refractivity contribution in [2.75, 3.05) is 5.32 Å². The lowest BCUT2D eigenvalue weighted by Crippen LogP contribution is -2.41. The predicted octanol–water partition coefficient (Wildman–Crippen LogP) is 4.49. The highest BCUT2D eigenvalue weighted by Crippen LogP contribution is 2.36. The minimum absolute atomic E-state index is 0.0178. The quantitative estimate of drug-likeness (QED) is 0.827. The van der Waals surface area contributed by atoms with E-state index in [1.54, 1.807) is 0 Å². The minimum Gasteiger partial charge on any atom is -0.326 e. The Morgan fingerprint density at radius 2 is 1.89 bits per heavy atom. The third-order valence-corrected chi connectivity index (χ3v) is 4.70. The fraction of sp³-hybridized carbons (Fsp3) is 0.263. The first-order chi connectivity index (χ1) is 12.8. The summed E-state index contributed by atoms with van der Waals surface area (Å²) in [6.07, 6.45) is -4.09. The van der Waals surface area contributed by atoms with Gasteiger partial charge in [0, 0.05) is 18.7 Å². The van der Waals surface area contributed by atoms with E-state index < -0.39 is 28.7 Å². The van der Waals surface area contributed by atoms with Crippen LogP contribution in [-0.2, 0) is 22.3 Å². The van der Waals surface area contributed by atoms with Crippen LogP contribution >= 0.6 is 11.6 Å². The summed E-state index contributed by atoms with van der Waals surface area (Å²) >= 11 is 5.59. The lowest BCUT2D eigenvalue weighted by atomic mass is 10.1. The molecule has 1 atom stereocenters. The molecule has 2 amide bonds. The van der Waals surface area contributed by atoms with Crippen molar-refractivity contribution < 1.29 is 22.8 Å². The molecular weight excluding hydrogens is 381 g/mol. The number of hydrogen-bond donors (Lipinski definition) is 1. The molecule has 2 aromatic carbocycles. The molecule has 8 heteroatoms. The number of halogens is 4. The van der Waals surface area contributed by atoms with E-state index in [2.05, 4.69) is 5.32 Å². The third-order valence-electron chi connectivity index (χ3n) is 4.37. The Bertz CT molecular complexity index is 856. The van der Waals surface area contributed by atoms with Gasteiger partial charge in [-0.05, 0) is 30.2 Å². The summed E-state index contributed by atoms with van der Waals surface area (Å²) < 4.78 is 38.9. The second-order valence-electron chi connectivity index (χ2n) is 6.24. The van der Waals surface area contributed by atoms with E-state index in [-0.39, 0.29) is 24.6 Å². The molecular formula is C19H16ClF3N2O2. The van der Waals surface area contributed by atoms with E-state index in [4.69, 9.17) is 11.6 Å². The van der Waals surface area contributed by atoms with Gasteiger partial charge in [-0.25, -0.2) is 0 Å². The molecule has 27 heavy (non-hydrogen) atoms. The minimum atomic E-state index is -4.62. The van der Waals surface area contributed by atoms with Crippen molar-refractivity contribution in [3.05, 3.63) is 64.7 Å². The van der Waals surface area contributed by atoms with Crippen LogP contribution in [0.15, 0.2) is 48.5 Å². The van der Waals surface area contributed by atoms with E-state index in [0.29, 0.717) is 6.42 Å². The SMILES string of the molecule is O=C(Nc1ccc(Cl)c(C(F)(F)F)c1)C1CCC(=O)N1Cc1ccccc1. The Kier molecular flexibility index (Phi) is 5.41. The van der Waals surface area contributed by atoms with Crippen LogP contribution in [0.25, 0.3) is 0 Å². The van der Waals surface area contributed by atoms with Crippen molar-refractivity contribution in [3.63, 3.8) is 0 Å². The van der Waals surface area contributed by atoms with Crippen LogP contribution in [0.3, 0.4) is 0 Å². The summed E-state index contributed by atoms with van der Waals surface area (Å²) in [5, 5.41) is 2.03. The molecule has 0 saturated carbocycles. The lowest BCUT2D eigenvalue weighted by Gasteiger charge is -2.24. The molecule has 0 bridgehead atoms. The van der Waals surface area contributed by atoms with Gasteiger partial charge in [0.2, 0.25) is 11.8 Å². The molecule has 4 nitrogen and oxygen atoms in total. The molecule has 1 aliphatic rings. The van der Waals surface area contributed by atoms with E-state index in [0.717, 1.165) is 17.7 Å². The summed E-state index contributed by atoms with van der Waals surface area (Å²) in [5.41, 5.74) is -0.169. The molecule has 142 valence electrons. The van der Waals surface area contributed by atoms with Crippen LogP contribution in [0.4, 0.5) is 18.9 Å². The number of carbonyl (C=O) groups excluding carboxylic acids is 2. The maximum absolute atomic E-state index is 13.0. The zero-order chi connectivity index (χ0) is 19.6. The molecule has 1 N–H and O–H groups in total. The molecule has 0 spiro atoms. The Morgan fingerprint density at radius 3 is 2.56 bits per heavy atom. The van der Waals surface area contributed by atoms with Crippen LogP contribution in [-0.4, -0.2) is 22.8 Å². The second-order valence-corrected chi connectivity index (χ2v) is 6.65. The van der Waals surface area contributed by atoms with Gasteiger partial charge < -0.3 is 10.2 Å². The molecule has 2 aromatic rings. The fourth-order valence-corrected chi connectivity index (χ4v) is 3.26. The Morgan fingerprint density at radius 1 is 1.19 bits per heavy atom. The van der Waals surface area contributed by atoms with Crippen molar-refractivity contribution in [2.24, 2.45) is 0 Å². The molecule has 1 fully saturated rings. The smallest absolute Gasteiger partial charge is 0.326 e. The van der Waals surface area contributed by atoms with Crippen LogP contribution in [0.2, 0.25) is 5.02 Å². The number of hydrogen-bond acceptors (Lipinski definition) is 2. The molecule has 1 unspecified atom stereocenters. The first kappa shape index (κ1) is 19.2. The molecule has 1 aliphatic heterocycles. The number of rotatable bonds is 4. The topological polar surface area (TPSA) is 49.4 Å². The highest BCUT2D eigenvalue weighted by Gasteiger charge is 2.37. The normalized spacial score (nSPS) is 17.3. The van der Waals surface area contributed by atoms with Crippen LogP contribution < -0.4 is 5.32 Å². The third kappa shape index (κ3) is 4.42. The number of anilines is 1. The highest BCUT2D eigenvalue weighted by molar-refractivity contribution is 6.31. The summed E-state index contributed by atoms with van der Waals surface area (Å²) in [6, 6.07) is 11.6. The van der Waals surface area contributed by atoms with Gasteiger partial charge in [0.15, 0.2) is 0 Å². The van der Waals surface area contributed by atoms with Crippen molar-refractivity contribution in [1.82, 2.24) is 4.90 Å². The number of likely N-dealkylation sites (tertiary alicyclic amines) is 1. The van der Waals surface area contributed by atoms with Gasteiger partial charge in [-0.1, -0.05) is 41.9 Å². The van der Waals surface area contributed by atoms with Crippen LogP contribution in [0.1, 0.15) is 24.0 Å². The molecule has 0 radical (unpaired) electrons. The highest BCUT2D eigenvalue weighted by atomic mass is 35.5. The van der Waals surface area contributed by atoms with Gasteiger partial charge >= 0.3 is 6.18 Å². The summed E-state index contributed by atoms with van der Waals surface area (Å²) in [4.78, 5) is 26.2. The maximum atomic E-state index is 13.0. The standard InChI is InChI=1S/C19H16ClF3N2O2/c20-15-7-6-13(10-14(15)19(21,22)23)24-18(27)16-8-9-17(26)25(16)11-12-4-2-1-3-5-12/h1-7,10,16H,8-9,11H2,(H,24,27). The average Bonchev–Trinajstić information content (AvgIpc) is 2.97. The Labute approximate surface area is 158 Å². The van der Waals surface area contributed by atoms with Gasteiger partial charge in [-0.2, -0.15) is 13.2 Å². The first-order valence-electron chi connectivity index (χ1n) is 8.26. The Hall–Kier alpha value is -2.54. The van der Waals surface area contributed by atoms with Crippen molar-refractivity contribution in [2.45, 2.75) is 31.6 Å². The van der Waals surface area contributed by atoms with Gasteiger partial charge in [-0.3, -0.25) is 9.59 Å². The van der Waals surface area contributed by atoms with Gasteiger partial charge in [-0.15, -0.1) is 0 Å². The maximum Gasteiger partial charge on any atom is 0.417 e. The summed E-state index contributed by atoms with van der Waals surface area (Å²) in [6.45, 7) is 0.270. The van der Waals surface area contributed by atoms with Crippen molar-refractivity contribution in [3.8, 4) is 0 Å². The first-order valence-corrected chi connectivity index (χ1v) is 8.64. The number of amides is 2. The monoisotopic (exact) mass is 396 g/mol. The number of benzene rings is 2. The Balaban J connectivity index is 1.76. The van der Waals surface area contributed by atoms with Crippen LogP contribution in [0, 0.1) is 0 Å². The molecule has 1 saturated heterocycles. The van der Waals surface area contributed by atoms with Gasteiger partial charge in [0.1, 0.15) is 6.04 Å². The van der Waals surface area contributed by atoms with Crippen LogP contribution in [0.5, 0.6) is 0 Å². The number of carbonyl (C=O) groups is 2. The van der Waals surface area contributed by atoms with Crippen molar-refractivity contribution >= 4 is 29.1 Å². The molecule has 1 heterocycles. The predicted molar refractivity (Wildman–Crippen MR) is 95.1 cm³/mol. The molecule has 0 aliphatic carbocycles. The van der Waals surface area contributed by atoms with Crippen molar-refractivity contribution in [1.29, 1.82) is 0 Å². The van der Waals surface area contributed by atoms with E-state index in [1.807, 2.05) is 30.3 Å².